The van der Waals surface area contributed by atoms with Crippen molar-refractivity contribution in [1.82, 2.24) is 0 Å². The van der Waals surface area contributed by atoms with Crippen LogP contribution in [0, 0.1) is 0 Å². The van der Waals surface area contributed by atoms with Crippen molar-refractivity contribution in [1.29, 1.82) is 0 Å². The summed E-state index contributed by atoms with van der Waals surface area (Å²) in [6.07, 6.45) is -5.81. The molecule has 0 N–H and O–H groups in total. The van der Waals surface area contributed by atoms with Crippen molar-refractivity contribution in [2.24, 2.45) is 0 Å². The molecule has 1 unspecified atom stereocenters. The van der Waals surface area contributed by atoms with Gasteiger partial charge in [0.05, 0.1) is 0 Å². The van der Waals surface area contributed by atoms with E-state index in [4.69, 9.17) is 39.1 Å². The van der Waals surface area contributed by atoms with Gasteiger partial charge in [-0.1, -0.05) is 0 Å². The fraction of sp³-hybridized carbons (Fsp3) is 0.733. The van der Waals surface area contributed by atoms with Gasteiger partial charge in [-0.3, -0.25) is 23.4 Å². The predicted molar refractivity (Wildman–Crippen MR) is 94.5 cm³/mol. The van der Waals surface area contributed by atoms with E-state index in [2.05, 4.69) is 0 Å². The van der Waals surface area contributed by atoms with E-state index in [1.54, 1.807) is 0 Å². The minimum Gasteiger partial charge on any atom is -0.463 e. The maximum Gasteiger partial charge on any atom is 0.303 e. The Balaban J connectivity index is 3.36. The maximum atomic E-state index is 11.9. The third kappa shape index (κ3) is 8.04. The standard InChI is InChI=1S/C15H22O11S2/c1-7(16)21-6-11-12(22-8(2)17)13(23-9(3)18)14(24-10(4)19)15(25-11)26-28(5,20)27/h11-15H,6H2,1-5H3/t11-,12-,13+,14-,15+,28?/m1/s1. The number of ether oxygens (including phenoxy) is 5. The van der Waals surface area contributed by atoms with Gasteiger partial charge < -0.3 is 23.7 Å². The highest BCUT2D eigenvalue weighted by molar-refractivity contribution is 8.29. The third-order valence-corrected chi connectivity index (χ3v) is 3.99. The van der Waals surface area contributed by atoms with Gasteiger partial charge in [-0.25, -0.2) is 4.21 Å². The van der Waals surface area contributed by atoms with Crippen molar-refractivity contribution in [3.05, 3.63) is 0 Å². The Morgan fingerprint density at radius 1 is 0.857 bits per heavy atom. The van der Waals surface area contributed by atoms with Crippen LogP contribution in [0.25, 0.3) is 0 Å². The van der Waals surface area contributed by atoms with Crippen molar-refractivity contribution in [2.75, 3.05) is 12.9 Å². The van der Waals surface area contributed by atoms with Gasteiger partial charge >= 0.3 is 23.9 Å². The molecular formula is C15H22O11S2. The maximum absolute atomic E-state index is 11.9. The first-order chi connectivity index (χ1) is 12.8. The van der Waals surface area contributed by atoms with Gasteiger partial charge in [0.1, 0.15) is 21.5 Å². The fourth-order valence-corrected chi connectivity index (χ4v) is 3.17. The summed E-state index contributed by atoms with van der Waals surface area (Å²) in [6, 6.07) is 0. The predicted octanol–water partition coefficient (Wildman–Crippen LogP) is -0.623. The monoisotopic (exact) mass is 442 g/mol. The first kappa shape index (κ1) is 24.2. The molecule has 11 nitrogen and oxygen atoms in total. The molecule has 0 aromatic rings. The summed E-state index contributed by atoms with van der Waals surface area (Å²) in [6.45, 7) is 3.98. The topological polar surface area (TPSA) is 141 Å². The van der Waals surface area contributed by atoms with Crippen molar-refractivity contribution in [2.45, 2.75) is 58.4 Å². The molecule has 6 atom stereocenters. The minimum absolute atomic E-state index is 0.417. The second-order valence-corrected chi connectivity index (χ2v) is 9.29. The highest BCUT2D eigenvalue weighted by Crippen LogP contribution is 2.30. The molecular weight excluding hydrogens is 420 g/mol. The zero-order valence-corrected chi connectivity index (χ0v) is 17.5. The van der Waals surface area contributed by atoms with Gasteiger partial charge in [0.15, 0.2) is 18.3 Å². The first-order valence-corrected chi connectivity index (χ1v) is 10.8. The Morgan fingerprint density at radius 3 is 1.75 bits per heavy atom. The molecule has 1 aliphatic rings. The Hall–Kier alpha value is -1.83. The average Bonchev–Trinajstić information content (AvgIpc) is 2.48. The number of rotatable bonds is 7. The summed E-state index contributed by atoms with van der Waals surface area (Å²) in [5, 5.41) is 0. The van der Waals surface area contributed by atoms with E-state index in [0.717, 1.165) is 34.0 Å². The van der Waals surface area contributed by atoms with Crippen molar-refractivity contribution in [3.8, 4) is 0 Å². The van der Waals surface area contributed by atoms with Gasteiger partial charge in [0.2, 0.25) is 6.29 Å². The zero-order valence-electron chi connectivity index (χ0n) is 15.9. The van der Waals surface area contributed by atoms with E-state index in [0.29, 0.717) is 0 Å². The van der Waals surface area contributed by atoms with E-state index in [1.165, 1.54) is 0 Å². The number of hydrogen-bond acceptors (Lipinski definition) is 12. The molecule has 0 aromatic carbocycles. The highest BCUT2D eigenvalue weighted by Gasteiger charge is 2.53. The van der Waals surface area contributed by atoms with Crippen LogP contribution < -0.4 is 0 Å². The summed E-state index contributed by atoms with van der Waals surface area (Å²) >= 11 is 4.71. The zero-order chi connectivity index (χ0) is 21.6. The highest BCUT2D eigenvalue weighted by atomic mass is 32.8. The lowest BCUT2D eigenvalue weighted by molar-refractivity contribution is -0.287. The molecule has 0 radical (unpaired) electrons. The Kier molecular flexibility index (Phi) is 8.73. The number of carbonyl (C=O) groups is 4. The second-order valence-electron chi connectivity index (χ2n) is 5.87. The molecule has 1 saturated heterocycles. The largest absolute Gasteiger partial charge is 0.463 e. The number of carbonyl (C=O) groups excluding carboxylic acids is 4. The molecule has 1 fully saturated rings. The number of esters is 4. The SMILES string of the molecule is CC(=O)OC[C@H]1O[C@@H](OS(C)(=O)=S)[C@H](OC(C)=O)[C@@H](OC(C)=O)[C@@H]1OC(C)=O. The lowest BCUT2D eigenvalue weighted by Gasteiger charge is -2.43. The van der Waals surface area contributed by atoms with Gasteiger partial charge in [0.25, 0.3) is 0 Å². The van der Waals surface area contributed by atoms with E-state index in [9.17, 15) is 23.4 Å². The molecule has 0 amide bonds. The van der Waals surface area contributed by atoms with Crippen LogP contribution >= 0.6 is 0 Å². The average molecular weight is 442 g/mol. The van der Waals surface area contributed by atoms with Gasteiger partial charge in [-0.05, 0) is 0 Å². The lowest BCUT2D eigenvalue weighted by Crippen LogP contribution is -2.63. The second kappa shape index (κ2) is 10.1. The Morgan fingerprint density at radius 2 is 1.32 bits per heavy atom. The summed E-state index contributed by atoms with van der Waals surface area (Å²) in [5.74, 6) is -3.01. The van der Waals surface area contributed by atoms with Crippen LogP contribution in [-0.2, 0) is 67.0 Å². The summed E-state index contributed by atoms with van der Waals surface area (Å²) in [4.78, 5) is 45.8. The summed E-state index contributed by atoms with van der Waals surface area (Å²) < 4.78 is 43.0. The van der Waals surface area contributed by atoms with Crippen LogP contribution in [-0.4, -0.2) is 71.7 Å². The van der Waals surface area contributed by atoms with Gasteiger partial charge in [-0.15, -0.1) is 0 Å². The van der Waals surface area contributed by atoms with E-state index in [-0.39, 0.29) is 0 Å². The van der Waals surface area contributed by atoms with E-state index >= 15 is 0 Å². The normalized spacial score (nSPS) is 29.1. The van der Waals surface area contributed by atoms with Crippen LogP contribution in [0.1, 0.15) is 27.7 Å². The van der Waals surface area contributed by atoms with E-state index < -0.39 is 70.0 Å². The van der Waals surface area contributed by atoms with Gasteiger partial charge in [0, 0.05) is 45.1 Å². The molecule has 0 aromatic heterocycles. The quantitative estimate of drug-likeness (QED) is 0.366. The van der Waals surface area contributed by atoms with Crippen LogP contribution in [0.5, 0.6) is 0 Å². The summed E-state index contributed by atoms with van der Waals surface area (Å²) in [7, 11) is -3.28. The fourth-order valence-electron chi connectivity index (χ4n) is 2.44. The van der Waals surface area contributed by atoms with Crippen molar-refractivity contribution in [3.63, 3.8) is 0 Å². The Labute approximate surface area is 166 Å². The molecule has 0 spiro atoms. The summed E-state index contributed by atoms with van der Waals surface area (Å²) in [5.41, 5.74) is 0. The first-order valence-electron chi connectivity index (χ1n) is 7.99. The Bertz CT molecular complexity index is 717. The van der Waals surface area contributed by atoms with Gasteiger partial charge in [-0.2, -0.15) is 0 Å². The van der Waals surface area contributed by atoms with Crippen LogP contribution in [0.2, 0.25) is 0 Å². The van der Waals surface area contributed by atoms with Crippen molar-refractivity contribution < 1.29 is 51.3 Å². The molecule has 1 aliphatic heterocycles. The molecule has 1 rings (SSSR count). The number of hydrogen-bond donors (Lipinski definition) is 0. The molecule has 13 heteroatoms. The molecule has 0 aliphatic carbocycles. The third-order valence-electron chi connectivity index (χ3n) is 3.22. The van der Waals surface area contributed by atoms with E-state index in [1.807, 2.05) is 0 Å². The molecule has 0 bridgehead atoms. The van der Waals surface area contributed by atoms with Crippen LogP contribution in [0.4, 0.5) is 0 Å². The molecule has 1 heterocycles. The molecule has 160 valence electrons. The minimum atomic E-state index is -3.28. The van der Waals surface area contributed by atoms with Crippen molar-refractivity contribution >= 4 is 43.8 Å². The smallest absolute Gasteiger partial charge is 0.303 e. The lowest BCUT2D eigenvalue weighted by atomic mass is 9.98. The van der Waals surface area contributed by atoms with Crippen LogP contribution in [0.3, 0.4) is 0 Å². The molecule has 28 heavy (non-hydrogen) atoms. The molecule has 0 saturated carbocycles. The van der Waals surface area contributed by atoms with Crippen LogP contribution in [0.15, 0.2) is 0 Å².